The van der Waals surface area contributed by atoms with Gasteiger partial charge in [0.05, 0.1) is 35.4 Å². The standard InChI is InChI=1S/C21H16F6N4O2S/c22-20(23,24)14-5-8-17(21(25,26)27)18(10-14)34(33)29-11-13-3-6-15(7-4-13)30-19(32)31-16-2-1-9-28-12-16/h1-10,12,29H,11H2,(H2,30,31,32). The van der Waals surface area contributed by atoms with Crippen LogP contribution >= 0.6 is 0 Å². The predicted molar refractivity (Wildman–Crippen MR) is 113 cm³/mol. The van der Waals surface area contributed by atoms with Gasteiger partial charge in [0.2, 0.25) is 0 Å². The first-order chi connectivity index (χ1) is 15.9. The van der Waals surface area contributed by atoms with Gasteiger partial charge in [0.1, 0.15) is 5.56 Å². The third-order valence-corrected chi connectivity index (χ3v) is 5.50. The van der Waals surface area contributed by atoms with Crippen LogP contribution in [0.4, 0.5) is 42.5 Å². The highest BCUT2D eigenvalue weighted by atomic mass is 32.2. The van der Waals surface area contributed by atoms with Gasteiger partial charge in [-0.25, -0.2) is 4.79 Å². The molecule has 0 bridgehead atoms. The van der Waals surface area contributed by atoms with E-state index in [0.29, 0.717) is 23.0 Å². The van der Waals surface area contributed by atoms with E-state index in [0.717, 1.165) is 0 Å². The van der Waals surface area contributed by atoms with E-state index in [1.54, 1.807) is 18.3 Å². The molecule has 0 radical (unpaired) electrons. The molecule has 1 unspecified atom stereocenters. The molecule has 0 aliphatic rings. The van der Waals surface area contributed by atoms with Gasteiger partial charge in [0.15, 0.2) is 4.90 Å². The molecule has 180 valence electrons. The minimum Gasteiger partial charge on any atom is -0.593 e. The van der Waals surface area contributed by atoms with Crippen LogP contribution in [0.15, 0.2) is 71.9 Å². The van der Waals surface area contributed by atoms with Crippen molar-refractivity contribution in [1.82, 2.24) is 9.71 Å². The molecular weight excluding hydrogens is 486 g/mol. The fourth-order valence-corrected chi connectivity index (χ4v) is 3.82. The number of hydrogen-bond donors (Lipinski definition) is 3. The Morgan fingerprint density at radius 2 is 1.59 bits per heavy atom. The van der Waals surface area contributed by atoms with Gasteiger partial charge in [-0.15, -0.1) is 4.72 Å². The number of alkyl halides is 6. The Balaban J connectivity index is 1.64. The molecule has 0 aliphatic carbocycles. The van der Waals surface area contributed by atoms with Crippen LogP contribution in [-0.4, -0.2) is 15.6 Å². The van der Waals surface area contributed by atoms with Gasteiger partial charge in [0.25, 0.3) is 0 Å². The van der Waals surface area contributed by atoms with Gasteiger partial charge < -0.3 is 15.2 Å². The summed E-state index contributed by atoms with van der Waals surface area (Å²) < 4.78 is 93.1. The highest BCUT2D eigenvalue weighted by Crippen LogP contribution is 2.38. The normalized spacial score (nSPS) is 12.8. The number of pyridine rings is 1. The molecule has 0 aliphatic heterocycles. The molecule has 6 nitrogen and oxygen atoms in total. The van der Waals surface area contributed by atoms with Crippen LogP contribution in [0.1, 0.15) is 16.7 Å². The molecule has 0 spiro atoms. The van der Waals surface area contributed by atoms with Gasteiger partial charge >= 0.3 is 18.4 Å². The maximum Gasteiger partial charge on any atom is 0.421 e. The number of nitrogens with zero attached hydrogens (tertiary/aromatic N) is 1. The fourth-order valence-electron chi connectivity index (χ4n) is 2.75. The summed E-state index contributed by atoms with van der Waals surface area (Å²) in [7, 11) is 0. The van der Waals surface area contributed by atoms with Crippen molar-refractivity contribution in [2.24, 2.45) is 0 Å². The van der Waals surface area contributed by atoms with E-state index >= 15 is 0 Å². The van der Waals surface area contributed by atoms with Crippen LogP contribution < -0.4 is 15.4 Å². The molecule has 1 aromatic heterocycles. The van der Waals surface area contributed by atoms with E-state index in [1.165, 1.54) is 30.5 Å². The zero-order valence-corrected chi connectivity index (χ0v) is 17.8. The maximum atomic E-state index is 13.2. The SMILES string of the molecule is O=C(Nc1ccc(CN[S+]([O-])c2cc(C(F)(F)F)ccc2C(F)(F)F)cc1)Nc1cccnc1. The number of hydrogen-bond acceptors (Lipinski definition) is 4. The van der Waals surface area contributed by atoms with Gasteiger partial charge in [-0.3, -0.25) is 4.98 Å². The minimum atomic E-state index is -4.99. The Morgan fingerprint density at radius 3 is 2.18 bits per heavy atom. The summed E-state index contributed by atoms with van der Waals surface area (Å²) in [6, 6.07) is 9.50. The molecule has 3 N–H and O–H groups in total. The third-order valence-electron chi connectivity index (χ3n) is 4.35. The third kappa shape index (κ3) is 6.85. The van der Waals surface area contributed by atoms with Crippen LogP contribution in [0.25, 0.3) is 0 Å². The van der Waals surface area contributed by atoms with Crippen molar-refractivity contribution in [1.29, 1.82) is 0 Å². The number of carbonyl (C=O) groups is 1. The van der Waals surface area contributed by atoms with Crippen molar-refractivity contribution in [2.45, 2.75) is 23.8 Å². The molecule has 0 saturated carbocycles. The smallest absolute Gasteiger partial charge is 0.421 e. The first kappa shape index (κ1) is 25.3. The van der Waals surface area contributed by atoms with E-state index in [9.17, 15) is 35.7 Å². The van der Waals surface area contributed by atoms with Crippen LogP contribution in [0, 0.1) is 0 Å². The van der Waals surface area contributed by atoms with Crippen molar-refractivity contribution < 1.29 is 35.7 Å². The van der Waals surface area contributed by atoms with Crippen molar-refractivity contribution in [3.8, 4) is 0 Å². The Hall–Kier alpha value is -3.29. The number of rotatable bonds is 6. The molecule has 2 amide bonds. The topological polar surface area (TPSA) is 89.1 Å². The van der Waals surface area contributed by atoms with Gasteiger partial charge in [-0.1, -0.05) is 12.1 Å². The van der Waals surface area contributed by atoms with Crippen LogP contribution in [0.3, 0.4) is 0 Å². The number of aromatic nitrogens is 1. The van der Waals surface area contributed by atoms with Crippen LogP contribution in [-0.2, 0) is 30.3 Å². The number of urea groups is 1. The number of benzene rings is 2. The molecule has 0 fully saturated rings. The highest BCUT2D eigenvalue weighted by molar-refractivity contribution is 7.89. The van der Waals surface area contributed by atoms with Gasteiger partial charge in [-0.2, -0.15) is 26.3 Å². The number of amides is 2. The largest absolute Gasteiger partial charge is 0.593 e. The van der Waals surface area contributed by atoms with Crippen molar-refractivity contribution >= 4 is 28.8 Å². The molecule has 1 heterocycles. The summed E-state index contributed by atoms with van der Waals surface area (Å²) >= 11 is -2.58. The molecule has 3 rings (SSSR count). The Morgan fingerprint density at radius 1 is 0.912 bits per heavy atom. The zero-order chi connectivity index (χ0) is 24.9. The number of anilines is 2. The lowest BCUT2D eigenvalue weighted by Gasteiger charge is -2.17. The minimum absolute atomic E-state index is 0.206. The maximum absolute atomic E-state index is 13.2. The predicted octanol–water partition coefficient (Wildman–Crippen LogP) is 5.58. The van der Waals surface area contributed by atoms with E-state index < -0.39 is 45.8 Å². The second kappa shape index (κ2) is 10.3. The van der Waals surface area contributed by atoms with E-state index in [-0.39, 0.29) is 18.7 Å². The second-order valence-corrected chi connectivity index (χ2v) is 8.08. The van der Waals surface area contributed by atoms with Crippen molar-refractivity contribution in [2.75, 3.05) is 10.6 Å². The highest BCUT2D eigenvalue weighted by Gasteiger charge is 2.40. The van der Waals surface area contributed by atoms with Crippen molar-refractivity contribution in [3.05, 3.63) is 83.7 Å². The van der Waals surface area contributed by atoms with Crippen LogP contribution in [0.5, 0.6) is 0 Å². The summed E-state index contributed by atoms with van der Waals surface area (Å²) in [5.74, 6) is 0. The molecule has 0 saturated heterocycles. The number of halogens is 6. The Labute approximate surface area is 192 Å². The van der Waals surface area contributed by atoms with E-state index in [2.05, 4.69) is 20.3 Å². The van der Waals surface area contributed by atoms with Crippen molar-refractivity contribution in [3.63, 3.8) is 0 Å². The molecule has 3 aromatic rings. The summed E-state index contributed by atoms with van der Waals surface area (Å²) in [5.41, 5.74) is -1.44. The fraction of sp³-hybridized carbons (Fsp3) is 0.143. The molecule has 2 aromatic carbocycles. The molecular formula is C21H16F6N4O2S. The lowest BCUT2D eigenvalue weighted by Crippen LogP contribution is -2.26. The zero-order valence-electron chi connectivity index (χ0n) is 17.0. The average molecular weight is 502 g/mol. The second-order valence-electron chi connectivity index (χ2n) is 6.81. The Bertz CT molecular complexity index is 1120. The number of carbonyl (C=O) groups excluding carboxylic acids is 1. The molecule has 34 heavy (non-hydrogen) atoms. The summed E-state index contributed by atoms with van der Waals surface area (Å²) in [4.78, 5) is 14.8. The van der Waals surface area contributed by atoms with Crippen LogP contribution in [0.2, 0.25) is 0 Å². The van der Waals surface area contributed by atoms with E-state index in [1.807, 2.05) is 0 Å². The quantitative estimate of drug-likeness (QED) is 0.304. The summed E-state index contributed by atoms with van der Waals surface area (Å²) in [5, 5.41) is 5.12. The monoisotopic (exact) mass is 502 g/mol. The number of nitrogens with one attached hydrogen (secondary N) is 3. The molecule has 1 atom stereocenters. The van der Waals surface area contributed by atoms with E-state index in [4.69, 9.17) is 0 Å². The summed E-state index contributed by atoms with van der Waals surface area (Å²) in [6.07, 6.45) is -6.89. The first-order valence-electron chi connectivity index (χ1n) is 9.44. The Kier molecular flexibility index (Phi) is 7.69. The lowest BCUT2D eigenvalue weighted by molar-refractivity contribution is -0.143. The average Bonchev–Trinajstić information content (AvgIpc) is 2.77. The lowest BCUT2D eigenvalue weighted by atomic mass is 10.1. The molecule has 13 heteroatoms. The summed E-state index contributed by atoms with van der Waals surface area (Å²) in [6.45, 7) is -0.206. The van der Waals surface area contributed by atoms with Gasteiger partial charge in [0, 0.05) is 18.0 Å². The first-order valence-corrected chi connectivity index (χ1v) is 10.6. The van der Waals surface area contributed by atoms with Gasteiger partial charge in [-0.05, 0) is 42.0 Å².